The molecule has 5 rings (SSSR count). The largest absolute Gasteiger partial charge is 0.478 e. The third kappa shape index (κ3) is 3.69. The van der Waals surface area contributed by atoms with E-state index in [0.29, 0.717) is 16.7 Å². The molecule has 10 heteroatoms. The number of fused-ring (bicyclic) bond motifs is 2. The lowest BCUT2D eigenvalue weighted by Gasteiger charge is -2.21. The number of hydrogen-bond donors (Lipinski definition) is 3. The fraction of sp³-hybridized carbons (Fsp3) is 0.115. The average molecular weight is 486 g/mol. The number of aliphatic hydroxyl groups excluding tert-OH is 1. The van der Waals surface area contributed by atoms with Crippen molar-refractivity contribution in [1.82, 2.24) is 9.80 Å². The minimum Gasteiger partial charge on any atom is -0.478 e. The van der Waals surface area contributed by atoms with Crippen LogP contribution in [0.2, 0.25) is 0 Å². The van der Waals surface area contributed by atoms with Crippen molar-refractivity contribution >= 4 is 29.7 Å². The van der Waals surface area contributed by atoms with E-state index in [-0.39, 0.29) is 40.9 Å². The molecule has 10 nitrogen and oxygen atoms in total. The average Bonchev–Trinajstić information content (AvgIpc) is 3.24. The van der Waals surface area contributed by atoms with Gasteiger partial charge in [0.05, 0.1) is 28.8 Å². The maximum absolute atomic E-state index is 12.9. The highest BCUT2D eigenvalue weighted by molar-refractivity contribution is 6.21. The Labute approximate surface area is 203 Å². The predicted molar refractivity (Wildman–Crippen MR) is 122 cm³/mol. The van der Waals surface area contributed by atoms with Crippen LogP contribution in [0.1, 0.15) is 74.7 Å². The first-order chi connectivity index (χ1) is 17.2. The van der Waals surface area contributed by atoms with Crippen molar-refractivity contribution in [2.75, 3.05) is 0 Å². The Morgan fingerprint density at radius 1 is 0.694 bits per heavy atom. The summed E-state index contributed by atoms with van der Waals surface area (Å²) >= 11 is 0. The highest BCUT2D eigenvalue weighted by Gasteiger charge is 2.37. The third-order valence-corrected chi connectivity index (χ3v) is 6.27. The van der Waals surface area contributed by atoms with Gasteiger partial charge in [-0.3, -0.25) is 19.3 Å². The van der Waals surface area contributed by atoms with Gasteiger partial charge < -0.3 is 20.2 Å². The lowest BCUT2D eigenvalue weighted by Crippen LogP contribution is -2.29. The number of amides is 3. The van der Waals surface area contributed by atoms with Gasteiger partial charge in [0, 0.05) is 17.7 Å². The van der Waals surface area contributed by atoms with E-state index in [1.165, 1.54) is 41.3 Å². The van der Waals surface area contributed by atoms with Gasteiger partial charge >= 0.3 is 11.9 Å². The number of aliphatic hydroxyl groups is 1. The summed E-state index contributed by atoms with van der Waals surface area (Å²) in [5.41, 5.74) is 1.64. The van der Waals surface area contributed by atoms with E-state index < -0.39 is 35.9 Å². The summed E-state index contributed by atoms with van der Waals surface area (Å²) in [5, 5.41) is 29.0. The molecule has 0 fully saturated rings. The molecule has 0 radical (unpaired) electrons. The van der Waals surface area contributed by atoms with Gasteiger partial charge in [0.15, 0.2) is 6.23 Å². The second kappa shape index (κ2) is 8.43. The van der Waals surface area contributed by atoms with Crippen molar-refractivity contribution in [3.8, 4) is 0 Å². The molecule has 36 heavy (non-hydrogen) atoms. The Balaban J connectivity index is 1.35. The summed E-state index contributed by atoms with van der Waals surface area (Å²) < 4.78 is 0. The molecule has 2 heterocycles. The molecule has 0 saturated heterocycles. The van der Waals surface area contributed by atoms with E-state index in [1.54, 1.807) is 24.3 Å². The van der Waals surface area contributed by atoms with Gasteiger partial charge in [0.1, 0.15) is 0 Å². The molecule has 180 valence electrons. The van der Waals surface area contributed by atoms with Gasteiger partial charge in [-0.25, -0.2) is 9.59 Å². The van der Waals surface area contributed by atoms with Crippen LogP contribution in [0.25, 0.3) is 0 Å². The Morgan fingerprint density at radius 3 is 1.94 bits per heavy atom. The van der Waals surface area contributed by atoms with Gasteiger partial charge in [0.2, 0.25) is 0 Å². The summed E-state index contributed by atoms with van der Waals surface area (Å²) in [5.74, 6) is -4.03. The van der Waals surface area contributed by atoms with Crippen molar-refractivity contribution in [1.29, 1.82) is 0 Å². The third-order valence-electron chi connectivity index (χ3n) is 6.27. The fourth-order valence-electron chi connectivity index (χ4n) is 4.46. The zero-order valence-electron chi connectivity index (χ0n) is 18.5. The predicted octanol–water partition coefficient (Wildman–Crippen LogP) is 2.53. The van der Waals surface area contributed by atoms with Gasteiger partial charge in [0.25, 0.3) is 17.7 Å². The summed E-state index contributed by atoms with van der Waals surface area (Å²) in [4.78, 5) is 63.2. The highest BCUT2D eigenvalue weighted by Crippen LogP contribution is 2.34. The Bertz CT molecular complexity index is 1500. The molecule has 0 aliphatic carbocycles. The minimum absolute atomic E-state index is 0.00894. The van der Waals surface area contributed by atoms with Crippen LogP contribution in [0.15, 0.2) is 60.7 Å². The van der Waals surface area contributed by atoms with E-state index in [4.69, 9.17) is 5.11 Å². The van der Waals surface area contributed by atoms with Crippen LogP contribution in [0.3, 0.4) is 0 Å². The summed E-state index contributed by atoms with van der Waals surface area (Å²) in [7, 11) is 0. The van der Waals surface area contributed by atoms with E-state index in [9.17, 15) is 34.2 Å². The molecule has 3 aromatic carbocycles. The van der Waals surface area contributed by atoms with Crippen LogP contribution in [0.4, 0.5) is 0 Å². The molecule has 0 saturated carbocycles. The van der Waals surface area contributed by atoms with Crippen LogP contribution < -0.4 is 0 Å². The second-order valence-electron chi connectivity index (χ2n) is 8.50. The van der Waals surface area contributed by atoms with Crippen LogP contribution in [-0.2, 0) is 13.1 Å². The van der Waals surface area contributed by atoms with E-state index in [1.807, 2.05) is 0 Å². The normalized spacial score (nSPS) is 16.4. The number of benzene rings is 3. The molecule has 2 aliphatic heterocycles. The number of carboxylic acid groups (broad SMARTS) is 2. The van der Waals surface area contributed by atoms with E-state index in [2.05, 4.69) is 0 Å². The van der Waals surface area contributed by atoms with E-state index in [0.717, 1.165) is 4.90 Å². The number of imide groups is 1. The molecule has 0 spiro atoms. The Hall–Kier alpha value is -4.83. The molecule has 3 amide bonds. The molecule has 0 aromatic heterocycles. The summed E-state index contributed by atoms with van der Waals surface area (Å²) in [6.07, 6.45) is -1.25. The first-order valence-corrected chi connectivity index (χ1v) is 10.8. The van der Waals surface area contributed by atoms with Crippen molar-refractivity contribution in [3.63, 3.8) is 0 Å². The maximum atomic E-state index is 12.9. The zero-order valence-corrected chi connectivity index (χ0v) is 18.5. The van der Waals surface area contributed by atoms with Crippen molar-refractivity contribution in [2.24, 2.45) is 0 Å². The minimum atomic E-state index is -1.25. The topological polar surface area (TPSA) is 153 Å². The van der Waals surface area contributed by atoms with Crippen LogP contribution >= 0.6 is 0 Å². The summed E-state index contributed by atoms with van der Waals surface area (Å²) in [6, 6.07) is 14.5. The van der Waals surface area contributed by atoms with Crippen molar-refractivity contribution in [2.45, 2.75) is 19.3 Å². The van der Waals surface area contributed by atoms with Gasteiger partial charge in [-0.2, -0.15) is 0 Å². The van der Waals surface area contributed by atoms with Gasteiger partial charge in [-0.05, 0) is 41.5 Å². The molecule has 1 unspecified atom stereocenters. The van der Waals surface area contributed by atoms with Crippen molar-refractivity contribution in [3.05, 3.63) is 105 Å². The number of carboxylic acids is 2. The number of carbonyl (C=O) groups is 5. The van der Waals surface area contributed by atoms with Crippen LogP contribution in [0.5, 0.6) is 0 Å². The number of carbonyl (C=O) groups excluding carboxylic acids is 3. The molecule has 3 N–H and O–H groups in total. The lowest BCUT2D eigenvalue weighted by molar-refractivity contribution is 0.0137. The monoisotopic (exact) mass is 486 g/mol. The number of aromatic carboxylic acids is 2. The molecule has 2 aliphatic rings. The lowest BCUT2D eigenvalue weighted by atomic mass is 10.1. The van der Waals surface area contributed by atoms with Crippen molar-refractivity contribution < 1.29 is 39.3 Å². The van der Waals surface area contributed by atoms with Crippen LogP contribution in [-0.4, -0.2) is 54.8 Å². The molecular formula is C26H18N2O8. The number of nitrogens with zero attached hydrogens (tertiary/aromatic N) is 2. The Kier molecular flexibility index (Phi) is 5.37. The van der Waals surface area contributed by atoms with Crippen LogP contribution in [0, 0.1) is 0 Å². The molecule has 1 atom stereocenters. The Morgan fingerprint density at radius 2 is 1.28 bits per heavy atom. The highest BCUT2D eigenvalue weighted by atomic mass is 16.4. The second-order valence-corrected chi connectivity index (χ2v) is 8.50. The first kappa shape index (κ1) is 22.9. The molecule has 3 aromatic rings. The maximum Gasteiger partial charge on any atom is 0.335 e. The number of rotatable bonds is 6. The number of hydrogen-bond acceptors (Lipinski definition) is 6. The standard InChI is InChI=1S/C26H18N2O8/c29-21-17-6-4-15(25(33)34)9-19(17)23(31)27(21)11-13-2-1-3-14(8-13)12-28-22(30)18-7-5-16(26(35)36)10-20(18)24(28)32/h1-10,21,29H,11-12H2,(H,33,34)(H,35,36). The first-order valence-electron chi connectivity index (χ1n) is 10.8. The quantitative estimate of drug-likeness (QED) is 0.450. The molecular weight excluding hydrogens is 468 g/mol. The van der Waals surface area contributed by atoms with Gasteiger partial charge in [-0.1, -0.05) is 30.3 Å². The van der Waals surface area contributed by atoms with E-state index >= 15 is 0 Å². The molecule has 0 bridgehead atoms. The van der Waals surface area contributed by atoms with Gasteiger partial charge in [-0.15, -0.1) is 0 Å². The zero-order chi connectivity index (χ0) is 25.7. The SMILES string of the molecule is O=C(O)c1ccc2c(c1)C(=O)N(Cc1cccc(CN3C(=O)c4cc(C(=O)O)ccc4C3O)c1)C2=O. The summed E-state index contributed by atoms with van der Waals surface area (Å²) in [6.45, 7) is -0.0592. The smallest absolute Gasteiger partial charge is 0.335 e. The fourth-order valence-corrected chi connectivity index (χ4v) is 4.46.